The molecule has 1 unspecified atom stereocenters. The molecule has 0 bridgehead atoms. The lowest BCUT2D eigenvalue weighted by Gasteiger charge is -2.34. The van der Waals surface area contributed by atoms with Crippen LogP contribution >= 0.6 is 0 Å². The highest BCUT2D eigenvalue weighted by Gasteiger charge is 2.23. The first-order chi connectivity index (χ1) is 10.1. The number of amides is 1. The molecular formula is C18H28N2O. The summed E-state index contributed by atoms with van der Waals surface area (Å²) < 4.78 is 0. The van der Waals surface area contributed by atoms with Crippen molar-refractivity contribution in [2.75, 3.05) is 19.6 Å². The first kappa shape index (κ1) is 16.0. The Morgan fingerprint density at radius 2 is 2.05 bits per heavy atom. The van der Waals surface area contributed by atoms with Crippen molar-refractivity contribution in [3.63, 3.8) is 0 Å². The highest BCUT2D eigenvalue weighted by atomic mass is 16.2. The number of carbonyl (C=O) groups is 1. The third-order valence-corrected chi connectivity index (χ3v) is 4.31. The maximum absolute atomic E-state index is 12.5. The van der Waals surface area contributed by atoms with E-state index in [9.17, 15) is 4.79 Å². The Balaban J connectivity index is 1.94. The molecule has 116 valence electrons. The maximum atomic E-state index is 12.5. The molecule has 0 aromatic heterocycles. The van der Waals surface area contributed by atoms with Gasteiger partial charge in [-0.3, -0.25) is 9.69 Å². The Morgan fingerprint density at radius 3 is 2.67 bits per heavy atom. The van der Waals surface area contributed by atoms with Gasteiger partial charge in [-0.2, -0.15) is 0 Å². The van der Waals surface area contributed by atoms with Gasteiger partial charge in [-0.1, -0.05) is 37.3 Å². The number of hydrogen-bond donors (Lipinski definition) is 0. The minimum absolute atomic E-state index is 0.284. The Hall–Kier alpha value is -1.35. The van der Waals surface area contributed by atoms with Gasteiger partial charge in [0.15, 0.2) is 0 Å². The van der Waals surface area contributed by atoms with Crippen molar-refractivity contribution >= 4 is 5.91 Å². The SMILES string of the molecule is CC1CCCN(C(=O)CN(Cc2ccccc2)C(C)C)C1. The molecule has 1 saturated heterocycles. The second-order valence-corrected chi connectivity index (χ2v) is 6.57. The molecule has 0 radical (unpaired) electrons. The average Bonchev–Trinajstić information content (AvgIpc) is 2.47. The molecule has 0 N–H and O–H groups in total. The molecule has 1 atom stereocenters. The Kier molecular flexibility index (Phi) is 5.80. The summed E-state index contributed by atoms with van der Waals surface area (Å²) >= 11 is 0. The van der Waals surface area contributed by atoms with Crippen molar-refractivity contribution in [1.82, 2.24) is 9.80 Å². The Morgan fingerprint density at radius 1 is 1.33 bits per heavy atom. The van der Waals surface area contributed by atoms with Gasteiger partial charge >= 0.3 is 0 Å². The zero-order valence-electron chi connectivity index (χ0n) is 13.6. The van der Waals surface area contributed by atoms with Gasteiger partial charge in [0.25, 0.3) is 0 Å². The highest BCUT2D eigenvalue weighted by Crippen LogP contribution is 2.16. The third kappa shape index (κ3) is 4.85. The van der Waals surface area contributed by atoms with Crippen LogP contribution in [0.2, 0.25) is 0 Å². The van der Waals surface area contributed by atoms with Crippen molar-refractivity contribution in [3.05, 3.63) is 35.9 Å². The molecule has 1 aliphatic heterocycles. The van der Waals surface area contributed by atoms with Crippen LogP contribution in [0.3, 0.4) is 0 Å². The summed E-state index contributed by atoms with van der Waals surface area (Å²) in [5.41, 5.74) is 1.27. The number of benzene rings is 1. The topological polar surface area (TPSA) is 23.6 Å². The molecule has 2 rings (SSSR count). The van der Waals surface area contributed by atoms with Crippen molar-refractivity contribution in [3.8, 4) is 0 Å². The van der Waals surface area contributed by atoms with Gasteiger partial charge in [0.2, 0.25) is 5.91 Å². The molecule has 3 heteroatoms. The second-order valence-electron chi connectivity index (χ2n) is 6.57. The summed E-state index contributed by atoms with van der Waals surface area (Å²) in [5, 5.41) is 0. The molecule has 0 saturated carbocycles. The van der Waals surface area contributed by atoms with Crippen LogP contribution in [0.25, 0.3) is 0 Å². The van der Waals surface area contributed by atoms with Crippen molar-refractivity contribution in [1.29, 1.82) is 0 Å². The standard InChI is InChI=1S/C18H28N2O/c1-15(2)20(13-17-9-5-4-6-10-17)14-18(21)19-11-7-8-16(3)12-19/h4-6,9-10,15-16H,7-8,11-14H2,1-3H3. The van der Waals surface area contributed by atoms with Gasteiger partial charge in [-0.05, 0) is 38.2 Å². The molecule has 21 heavy (non-hydrogen) atoms. The van der Waals surface area contributed by atoms with E-state index in [0.717, 1.165) is 26.1 Å². The number of rotatable bonds is 5. The van der Waals surface area contributed by atoms with E-state index in [1.54, 1.807) is 0 Å². The Bertz CT molecular complexity index is 444. The van der Waals surface area contributed by atoms with Gasteiger partial charge in [-0.25, -0.2) is 0 Å². The summed E-state index contributed by atoms with van der Waals surface area (Å²) in [7, 11) is 0. The Labute approximate surface area is 128 Å². The molecule has 1 amide bonds. The van der Waals surface area contributed by atoms with Gasteiger partial charge in [0.05, 0.1) is 6.54 Å². The van der Waals surface area contributed by atoms with E-state index in [0.29, 0.717) is 18.5 Å². The zero-order valence-corrected chi connectivity index (χ0v) is 13.6. The van der Waals surface area contributed by atoms with Gasteiger partial charge < -0.3 is 4.90 Å². The summed E-state index contributed by atoms with van der Waals surface area (Å²) in [4.78, 5) is 16.8. The van der Waals surface area contributed by atoms with Crippen molar-refractivity contribution in [2.45, 2.75) is 46.2 Å². The molecule has 0 spiro atoms. The average molecular weight is 288 g/mol. The monoisotopic (exact) mass is 288 g/mol. The van der Waals surface area contributed by atoms with Crippen LogP contribution in [-0.4, -0.2) is 41.4 Å². The number of likely N-dealkylation sites (tertiary alicyclic amines) is 1. The number of carbonyl (C=O) groups excluding carboxylic acids is 1. The first-order valence-corrected chi connectivity index (χ1v) is 8.12. The molecular weight excluding hydrogens is 260 g/mol. The van der Waals surface area contributed by atoms with Crippen LogP contribution < -0.4 is 0 Å². The second kappa shape index (κ2) is 7.60. The molecule has 1 aromatic rings. The smallest absolute Gasteiger partial charge is 0.236 e. The lowest BCUT2D eigenvalue weighted by molar-refractivity contribution is -0.134. The number of piperidine rings is 1. The largest absolute Gasteiger partial charge is 0.341 e. The molecule has 1 heterocycles. The van der Waals surface area contributed by atoms with Crippen LogP contribution in [0.1, 0.15) is 39.2 Å². The van der Waals surface area contributed by atoms with Crippen molar-refractivity contribution < 1.29 is 4.79 Å². The van der Waals surface area contributed by atoms with E-state index < -0.39 is 0 Å². The van der Waals surface area contributed by atoms with Crippen LogP contribution in [0, 0.1) is 5.92 Å². The van der Waals surface area contributed by atoms with E-state index >= 15 is 0 Å². The first-order valence-electron chi connectivity index (χ1n) is 8.12. The fourth-order valence-corrected chi connectivity index (χ4v) is 2.93. The summed E-state index contributed by atoms with van der Waals surface area (Å²) in [6.07, 6.45) is 2.40. The summed E-state index contributed by atoms with van der Waals surface area (Å²) in [6, 6.07) is 10.8. The lowest BCUT2D eigenvalue weighted by atomic mass is 10.0. The number of hydrogen-bond acceptors (Lipinski definition) is 2. The predicted molar refractivity (Wildman–Crippen MR) is 87.0 cm³/mol. The third-order valence-electron chi connectivity index (χ3n) is 4.31. The van der Waals surface area contributed by atoms with Crippen LogP contribution in [0.4, 0.5) is 0 Å². The van der Waals surface area contributed by atoms with E-state index in [1.165, 1.54) is 12.0 Å². The molecule has 1 fully saturated rings. The molecule has 0 aliphatic carbocycles. The molecule has 1 aromatic carbocycles. The van der Waals surface area contributed by atoms with Crippen LogP contribution in [0.5, 0.6) is 0 Å². The summed E-state index contributed by atoms with van der Waals surface area (Å²) in [6.45, 7) is 9.79. The van der Waals surface area contributed by atoms with Gasteiger partial charge in [-0.15, -0.1) is 0 Å². The van der Waals surface area contributed by atoms with E-state index in [4.69, 9.17) is 0 Å². The van der Waals surface area contributed by atoms with Crippen LogP contribution in [-0.2, 0) is 11.3 Å². The predicted octanol–water partition coefficient (Wildman–Crippen LogP) is 3.16. The lowest BCUT2D eigenvalue weighted by Crippen LogP contribution is -2.46. The van der Waals surface area contributed by atoms with E-state index in [2.05, 4.69) is 54.8 Å². The van der Waals surface area contributed by atoms with E-state index in [-0.39, 0.29) is 5.91 Å². The minimum Gasteiger partial charge on any atom is -0.341 e. The fourth-order valence-electron chi connectivity index (χ4n) is 2.93. The van der Waals surface area contributed by atoms with Crippen LogP contribution in [0.15, 0.2) is 30.3 Å². The molecule has 3 nitrogen and oxygen atoms in total. The minimum atomic E-state index is 0.284. The number of nitrogens with zero attached hydrogens (tertiary/aromatic N) is 2. The maximum Gasteiger partial charge on any atom is 0.236 e. The van der Waals surface area contributed by atoms with E-state index in [1.807, 2.05) is 6.07 Å². The summed E-state index contributed by atoms with van der Waals surface area (Å²) in [5.74, 6) is 0.926. The normalized spacial score (nSPS) is 19.3. The van der Waals surface area contributed by atoms with Crippen molar-refractivity contribution in [2.24, 2.45) is 5.92 Å². The highest BCUT2D eigenvalue weighted by molar-refractivity contribution is 5.78. The fraction of sp³-hybridized carbons (Fsp3) is 0.611. The van der Waals surface area contributed by atoms with Gasteiger partial charge in [0, 0.05) is 25.7 Å². The zero-order chi connectivity index (χ0) is 15.2. The molecule has 1 aliphatic rings. The van der Waals surface area contributed by atoms with Gasteiger partial charge in [0.1, 0.15) is 0 Å². The quantitative estimate of drug-likeness (QED) is 0.831.